The molecule has 3 heterocycles. The molecule has 0 spiro atoms. The molecule has 1 amide bonds. The van der Waals surface area contributed by atoms with Crippen LogP contribution in [0.4, 0.5) is 14.9 Å². The first-order valence-electron chi connectivity index (χ1n) is 11.7. The molecule has 0 unspecified atom stereocenters. The van der Waals surface area contributed by atoms with Gasteiger partial charge in [0.15, 0.2) is 11.6 Å². The normalized spacial score (nSPS) is 11.5. The molecule has 0 saturated heterocycles. The van der Waals surface area contributed by atoms with E-state index in [9.17, 15) is 9.18 Å². The molecule has 194 valence electrons. The van der Waals surface area contributed by atoms with E-state index in [4.69, 9.17) is 19.9 Å². The van der Waals surface area contributed by atoms with Crippen molar-refractivity contribution in [1.29, 1.82) is 0 Å². The average Bonchev–Trinajstić information content (AvgIpc) is 3.28. The van der Waals surface area contributed by atoms with Gasteiger partial charge in [0.1, 0.15) is 11.4 Å². The standard InChI is InChI=1S/C27H29FN4O4S/c1-27(2,3)36-26(33)32(11-12-34-4)15-17-5-7-21(31-14-17)19-16-37-25-23(9-10-30-24(19)25)35-22-8-6-18(29)13-20(22)28/h5-10,13-14,16H,11-12,15,29H2,1-4H3. The van der Waals surface area contributed by atoms with Crippen molar-refractivity contribution < 1.29 is 23.4 Å². The van der Waals surface area contributed by atoms with Crippen LogP contribution in [0.1, 0.15) is 26.3 Å². The number of methoxy groups -OCH3 is 1. The Labute approximate surface area is 218 Å². The average molecular weight is 525 g/mol. The summed E-state index contributed by atoms with van der Waals surface area (Å²) in [7, 11) is 1.59. The summed E-state index contributed by atoms with van der Waals surface area (Å²) < 4.78 is 31.6. The van der Waals surface area contributed by atoms with Crippen molar-refractivity contribution in [2.24, 2.45) is 0 Å². The predicted octanol–water partition coefficient (Wildman–Crippen LogP) is 6.26. The third-order valence-electron chi connectivity index (χ3n) is 5.29. The van der Waals surface area contributed by atoms with Gasteiger partial charge in [0.25, 0.3) is 0 Å². The third kappa shape index (κ3) is 6.52. The number of thiophene rings is 1. The lowest BCUT2D eigenvalue weighted by atomic mass is 10.1. The summed E-state index contributed by atoms with van der Waals surface area (Å²) in [5, 5.41) is 1.94. The van der Waals surface area contributed by atoms with Gasteiger partial charge in [0.05, 0.1) is 29.1 Å². The Balaban J connectivity index is 1.55. The summed E-state index contributed by atoms with van der Waals surface area (Å²) in [6, 6.07) is 9.80. The van der Waals surface area contributed by atoms with Crippen molar-refractivity contribution in [3.8, 4) is 22.8 Å². The third-order valence-corrected chi connectivity index (χ3v) is 6.27. The Morgan fingerprint density at radius 2 is 1.95 bits per heavy atom. The van der Waals surface area contributed by atoms with Gasteiger partial charge in [0.2, 0.25) is 0 Å². The van der Waals surface area contributed by atoms with Crippen LogP contribution in [-0.2, 0) is 16.0 Å². The van der Waals surface area contributed by atoms with Crippen LogP contribution < -0.4 is 10.5 Å². The zero-order valence-corrected chi connectivity index (χ0v) is 22.0. The molecule has 0 aliphatic carbocycles. The second kappa shape index (κ2) is 11.1. The minimum atomic E-state index is -0.597. The molecule has 0 saturated carbocycles. The maximum Gasteiger partial charge on any atom is 0.410 e. The number of carbonyl (C=O) groups is 1. The van der Waals surface area contributed by atoms with Crippen LogP contribution in [-0.4, -0.2) is 46.8 Å². The van der Waals surface area contributed by atoms with Gasteiger partial charge in [-0.25, -0.2) is 9.18 Å². The number of hydrogen-bond acceptors (Lipinski definition) is 8. The summed E-state index contributed by atoms with van der Waals surface area (Å²) in [5.41, 5.74) is 8.47. The van der Waals surface area contributed by atoms with E-state index in [0.29, 0.717) is 36.6 Å². The van der Waals surface area contributed by atoms with Gasteiger partial charge in [-0.15, -0.1) is 11.3 Å². The molecule has 0 aliphatic rings. The van der Waals surface area contributed by atoms with E-state index in [1.54, 1.807) is 36.5 Å². The Bertz CT molecular complexity index is 1390. The summed E-state index contributed by atoms with van der Waals surface area (Å²) in [5.74, 6) is 0.0414. The molecular weight excluding hydrogens is 495 g/mol. The smallest absolute Gasteiger partial charge is 0.410 e. The van der Waals surface area contributed by atoms with Gasteiger partial charge in [-0.3, -0.25) is 9.97 Å². The van der Waals surface area contributed by atoms with E-state index in [-0.39, 0.29) is 5.75 Å². The second-order valence-electron chi connectivity index (χ2n) is 9.37. The number of fused-ring (bicyclic) bond motifs is 1. The molecule has 0 radical (unpaired) electrons. The fourth-order valence-electron chi connectivity index (χ4n) is 3.55. The first-order valence-corrected chi connectivity index (χ1v) is 12.5. The summed E-state index contributed by atoms with van der Waals surface area (Å²) in [6.45, 7) is 6.61. The molecule has 0 fully saturated rings. The lowest BCUT2D eigenvalue weighted by Crippen LogP contribution is -2.38. The highest BCUT2D eigenvalue weighted by molar-refractivity contribution is 7.18. The van der Waals surface area contributed by atoms with E-state index in [2.05, 4.69) is 9.97 Å². The molecular formula is C27H29FN4O4S. The molecule has 8 nitrogen and oxygen atoms in total. The molecule has 0 bridgehead atoms. The maximum absolute atomic E-state index is 14.3. The van der Waals surface area contributed by atoms with E-state index in [1.165, 1.54) is 23.5 Å². The van der Waals surface area contributed by atoms with E-state index in [0.717, 1.165) is 21.5 Å². The quantitative estimate of drug-likeness (QED) is 0.272. The Morgan fingerprint density at radius 3 is 2.62 bits per heavy atom. The van der Waals surface area contributed by atoms with Crippen LogP contribution in [0.2, 0.25) is 0 Å². The van der Waals surface area contributed by atoms with Crippen LogP contribution in [0, 0.1) is 5.82 Å². The molecule has 10 heteroatoms. The van der Waals surface area contributed by atoms with Gasteiger partial charge in [-0.05, 0) is 44.5 Å². The van der Waals surface area contributed by atoms with Crippen molar-refractivity contribution >= 4 is 33.3 Å². The number of carbonyl (C=O) groups excluding carboxylic acids is 1. The van der Waals surface area contributed by atoms with Crippen LogP contribution >= 0.6 is 11.3 Å². The zero-order chi connectivity index (χ0) is 26.6. The molecule has 0 atom stereocenters. The van der Waals surface area contributed by atoms with Crippen LogP contribution in [0.15, 0.2) is 54.2 Å². The van der Waals surface area contributed by atoms with Crippen molar-refractivity contribution in [1.82, 2.24) is 14.9 Å². The first kappa shape index (κ1) is 26.3. The van der Waals surface area contributed by atoms with Crippen molar-refractivity contribution in [2.75, 3.05) is 26.0 Å². The summed E-state index contributed by atoms with van der Waals surface area (Å²) in [6.07, 6.45) is 2.94. The number of hydrogen-bond donors (Lipinski definition) is 1. The molecule has 1 aromatic carbocycles. The van der Waals surface area contributed by atoms with Crippen molar-refractivity contribution in [3.63, 3.8) is 0 Å². The number of pyridine rings is 2. The lowest BCUT2D eigenvalue weighted by molar-refractivity contribution is 0.0184. The summed E-state index contributed by atoms with van der Waals surface area (Å²) in [4.78, 5) is 23.4. The molecule has 2 N–H and O–H groups in total. The number of amides is 1. The topological polar surface area (TPSA) is 99.8 Å². The van der Waals surface area contributed by atoms with Crippen LogP contribution in [0.5, 0.6) is 11.5 Å². The fourth-order valence-corrected chi connectivity index (χ4v) is 4.52. The van der Waals surface area contributed by atoms with E-state index in [1.807, 2.05) is 38.3 Å². The van der Waals surface area contributed by atoms with Crippen molar-refractivity contribution in [2.45, 2.75) is 32.9 Å². The number of benzene rings is 1. The number of anilines is 1. The van der Waals surface area contributed by atoms with Gasteiger partial charge >= 0.3 is 6.09 Å². The SMILES string of the molecule is COCCN(Cc1ccc(-c2csc3c(Oc4ccc(N)cc4F)ccnc23)nc1)C(=O)OC(C)(C)C. The van der Waals surface area contributed by atoms with Gasteiger partial charge in [-0.1, -0.05) is 6.07 Å². The fraction of sp³-hybridized carbons (Fsp3) is 0.296. The van der Waals surface area contributed by atoms with E-state index < -0.39 is 17.5 Å². The van der Waals surface area contributed by atoms with Gasteiger partial charge in [0, 0.05) is 54.8 Å². The van der Waals surface area contributed by atoms with Crippen molar-refractivity contribution in [3.05, 3.63) is 65.6 Å². The molecule has 4 aromatic rings. The van der Waals surface area contributed by atoms with Crippen LogP contribution in [0.25, 0.3) is 21.5 Å². The number of nitrogens with two attached hydrogens (primary N) is 1. The number of nitrogens with zero attached hydrogens (tertiary/aromatic N) is 3. The maximum atomic E-state index is 14.3. The number of ether oxygens (including phenoxy) is 3. The number of aromatic nitrogens is 2. The highest BCUT2D eigenvalue weighted by Gasteiger charge is 2.22. The van der Waals surface area contributed by atoms with E-state index >= 15 is 0 Å². The largest absolute Gasteiger partial charge is 0.453 e. The second-order valence-corrected chi connectivity index (χ2v) is 10.3. The first-order chi connectivity index (χ1) is 17.6. The number of halogens is 1. The number of rotatable bonds is 8. The predicted molar refractivity (Wildman–Crippen MR) is 142 cm³/mol. The Kier molecular flexibility index (Phi) is 7.89. The molecule has 37 heavy (non-hydrogen) atoms. The highest BCUT2D eigenvalue weighted by Crippen LogP contribution is 2.39. The van der Waals surface area contributed by atoms with Crippen LogP contribution in [0.3, 0.4) is 0 Å². The highest BCUT2D eigenvalue weighted by atomic mass is 32.1. The molecule has 3 aromatic heterocycles. The Hall–Kier alpha value is -3.76. The lowest BCUT2D eigenvalue weighted by Gasteiger charge is -2.27. The summed E-state index contributed by atoms with van der Waals surface area (Å²) >= 11 is 1.44. The Morgan fingerprint density at radius 1 is 1.14 bits per heavy atom. The molecule has 4 rings (SSSR count). The minimum Gasteiger partial charge on any atom is -0.453 e. The molecule has 0 aliphatic heterocycles. The minimum absolute atomic E-state index is 0.0853. The van der Waals surface area contributed by atoms with Gasteiger partial charge < -0.3 is 24.8 Å². The zero-order valence-electron chi connectivity index (χ0n) is 21.2. The number of nitrogen functional groups attached to an aromatic ring is 1. The monoisotopic (exact) mass is 524 g/mol. The van der Waals surface area contributed by atoms with Gasteiger partial charge in [-0.2, -0.15) is 0 Å².